The third-order valence-electron chi connectivity index (χ3n) is 4.98. The molecular formula is C21H21FN4O3S. The van der Waals surface area contributed by atoms with E-state index >= 15 is 0 Å². The first-order valence-electron chi connectivity index (χ1n) is 9.36. The molecule has 0 radical (unpaired) electrons. The number of hydrogen-bond donors (Lipinski definition) is 2. The van der Waals surface area contributed by atoms with Crippen LogP contribution in [0.15, 0.2) is 41.3 Å². The molecule has 0 spiro atoms. The predicted octanol–water partition coefficient (Wildman–Crippen LogP) is 2.71. The molecule has 30 heavy (non-hydrogen) atoms. The van der Waals surface area contributed by atoms with Crippen LogP contribution in [0.2, 0.25) is 0 Å². The summed E-state index contributed by atoms with van der Waals surface area (Å²) in [6.07, 6.45) is 1.59. The number of carbonyl (C=O) groups excluding carboxylic acids is 1. The molecule has 2 aromatic heterocycles. The molecule has 0 aliphatic carbocycles. The lowest BCUT2D eigenvalue weighted by atomic mass is 10.0. The second-order valence-electron chi connectivity index (χ2n) is 6.91. The molecule has 3 heterocycles. The summed E-state index contributed by atoms with van der Waals surface area (Å²) in [5.41, 5.74) is 2.56. The third kappa shape index (κ3) is 3.50. The van der Waals surface area contributed by atoms with E-state index in [4.69, 9.17) is 4.42 Å². The van der Waals surface area contributed by atoms with Gasteiger partial charge in [-0.3, -0.25) is 9.10 Å². The number of carbonyl (C=O) groups is 1. The zero-order valence-electron chi connectivity index (χ0n) is 16.6. The number of hydrogen-bond acceptors (Lipinski definition) is 5. The van der Waals surface area contributed by atoms with E-state index in [0.29, 0.717) is 53.3 Å². The molecule has 1 amide bonds. The van der Waals surface area contributed by atoms with Gasteiger partial charge in [-0.2, -0.15) is 4.98 Å². The molecule has 0 fully saturated rings. The highest BCUT2D eigenvalue weighted by molar-refractivity contribution is 7.85. The number of aromatic nitrogens is 1. The molecule has 0 bridgehead atoms. The fourth-order valence-corrected chi connectivity index (χ4v) is 4.22. The summed E-state index contributed by atoms with van der Waals surface area (Å²) in [4.78, 5) is 17.4. The molecule has 4 rings (SSSR count). The Bertz CT molecular complexity index is 1170. The van der Waals surface area contributed by atoms with Gasteiger partial charge in [-0.1, -0.05) is 6.58 Å². The Morgan fingerprint density at radius 3 is 2.77 bits per heavy atom. The van der Waals surface area contributed by atoms with Crippen molar-refractivity contribution in [3.63, 3.8) is 0 Å². The number of nitrogens with one attached hydrogen (secondary N) is 2. The lowest BCUT2D eigenvalue weighted by molar-refractivity contribution is 0.0964. The number of rotatable bonds is 3. The van der Waals surface area contributed by atoms with E-state index in [0.717, 1.165) is 5.57 Å². The van der Waals surface area contributed by atoms with E-state index in [1.807, 2.05) is 0 Å². The molecule has 0 saturated carbocycles. The molecule has 9 heteroatoms. The summed E-state index contributed by atoms with van der Waals surface area (Å²) in [5.74, 6) is 0.0584. The second kappa shape index (κ2) is 8.00. The molecule has 1 aliphatic rings. The molecule has 1 unspecified atom stereocenters. The number of anilines is 1. The van der Waals surface area contributed by atoms with Crippen molar-refractivity contribution >= 4 is 39.4 Å². The number of halogens is 1. The number of pyridine rings is 1. The van der Waals surface area contributed by atoms with Gasteiger partial charge in [0.1, 0.15) is 22.6 Å². The van der Waals surface area contributed by atoms with Gasteiger partial charge in [0, 0.05) is 44.1 Å². The highest BCUT2D eigenvalue weighted by atomic mass is 32.2. The van der Waals surface area contributed by atoms with Gasteiger partial charge in [0.25, 0.3) is 5.91 Å². The Morgan fingerprint density at radius 2 is 2.10 bits per heavy atom. The zero-order valence-corrected chi connectivity index (χ0v) is 17.4. The highest BCUT2D eigenvalue weighted by Gasteiger charge is 2.27. The van der Waals surface area contributed by atoms with Crippen molar-refractivity contribution in [1.29, 1.82) is 0 Å². The summed E-state index contributed by atoms with van der Waals surface area (Å²) in [6, 6.07) is 7.50. The van der Waals surface area contributed by atoms with Gasteiger partial charge in [0.2, 0.25) is 5.71 Å². The van der Waals surface area contributed by atoms with Gasteiger partial charge in [-0.15, -0.1) is 0 Å². The van der Waals surface area contributed by atoms with Gasteiger partial charge in [0.05, 0.1) is 10.9 Å². The molecule has 1 aliphatic heterocycles. The largest absolute Gasteiger partial charge is 0.437 e. The van der Waals surface area contributed by atoms with Crippen molar-refractivity contribution in [1.82, 2.24) is 15.6 Å². The first-order chi connectivity index (χ1) is 14.4. The van der Waals surface area contributed by atoms with Crippen molar-refractivity contribution < 1.29 is 17.8 Å². The maximum atomic E-state index is 13.4. The number of nitrogens with zero attached hydrogens (tertiary/aromatic N) is 2. The fourth-order valence-electron chi connectivity index (χ4n) is 3.49. The van der Waals surface area contributed by atoms with Crippen LogP contribution in [-0.4, -0.2) is 48.0 Å². The van der Waals surface area contributed by atoms with Crippen LogP contribution in [0.3, 0.4) is 0 Å². The maximum Gasteiger partial charge on any atom is 0.255 e. The minimum atomic E-state index is -1.31. The molecule has 7 nitrogen and oxygen atoms in total. The van der Waals surface area contributed by atoms with E-state index < -0.39 is 11.0 Å². The monoisotopic (exact) mass is 428 g/mol. The molecule has 0 saturated heterocycles. The Kier molecular flexibility index (Phi) is 5.40. The third-order valence-corrected chi connectivity index (χ3v) is 5.96. The summed E-state index contributed by atoms with van der Waals surface area (Å²) >= 11 is 0. The first-order valence-corrected chi connectivity index (χ1v) is 10.9. The number of furan rings is 1. The fraction of sp³-hybridized carbons (Fsp3) is 0.238. The maximum absolute atomic E-state index is 13.4. The van der Waals surface area contributed by atoms with Crippen molar-refractivity contribution in [3.8, 4) is 11.3 Å². The van der Waals surface area contributed by atoms with Crippen LogP contribution >= 0.6 is 0 Å². The zero-order chi connectivity index (χ0) is 21.4. The SMILES string of the molecule is C=C1CNCCN(S(C)=O)c2nc3oc(-c4ccc(F)cc4)c(C(=O)NC)c3cc21. The van der Waals surface area contributed by atoms with Crippen molar-refractivity contribution in [2.45, 2.75) is 0 Å². The molecular weight excluding hydrogens is 407 g/mol. The van der Waals surface area contributed by atoms with Crippen LogP contribution in [0.25, 0.3) is 28.0 Å². The van der Waals surface area contributed by atoms with E-state index in [1.54, 1.807) is 28.8 Å². The Morgan fingerprint density at radius 1 is 1.37 bits per heavy atom. The quantitative estimate of drug-likeness (QED) is 0.670. The lowest BCUT2D eigenvalue weighted by Crippen LogP contribution is -2.37. The van der Waals surface area contributed by atoms with Crippen molar-refractivity contribution in [3.05, 3.63) is 53.9 Å². The molecule has 2 N–H and O–H groups in total. The highest BCUT2D eigenvalue weighted by Crippen LogP contribution is 2.37. The molecule has 1 aromatic carbocycles. The van der Waals surface area contributed by atoms with E-state index in [9.17, 15) is 13.4 Å². The van der Waals surface area contributed by atoms with Crippen molar-refractivity contribution in [2.75, 3.05) is 37.2 Å². The van der Waals surface area contributed by atoms with E-state index in [2.05, 4.69) is 22.2 Å². The van der Waals surface area contributed by atoms with Crippen LogP contribution in [0, 0.1) is 5.82 Å². The van der Waals surface area contributed by atoms with Gasteiger partial charge in [-0.25, -0.2) is 8.60 Å². The van der Waals surface area contributed by atoms with Crippen LogP contribution in [0.1, 0.15) is 15.9 Å². The summed E-state index contributed by atoms with van der Waals surface area (Å²) in [6.45, 7) is 5.79. The summed E-state index contributed by atoms with van der Waals surface area (Å²) in [7, 11) is 0.219. The number of amides is 1. The van der Waals surface area contributed by atoms with Gasteiger partial charge in [-0.05, 0) is 35.9 Å². The van der Waals surface area contributed by atoms with Gasteiger partial charge < -0.3 is 15.1 Å². The van der Waals surface area contributed by atoms with Crippen LogP contribution < -0.4 is 14.9 Å². The average molecular weight is 428 g/mol. The van der Waals surface area contributed by atoms with Crippen LogP contribution in [-0.2, 0) is 11.0 Å². The Hall–Kier alpha value is -3.04. The number of benzene rings is 1. The van der Waals surface area contributed by atoms with E-state index in [-0.39, 0.29) is 17.4 Å². The average Bonchev–Trinajstić information content (AvgIpc) is 3.09. The minimum Gasteiger partial charge on any atom is -0.437 e. The van der Waals surface area contributed by atoms with Gasteiger partial charge in [0.15, 0.2) is 5.82 Å². The summed E-state index contributed by atoms with van der Waals surface area (Å²) < 4.78 is 33.4. The standard InChI is InChI=1S/C21H21FN4O3S/c1-12-11-24-8-9-26(30(3)28)19-15(12)10-16-17(20(27)23-2)18(29-21(16)25-19)13-4-6-14(22)7-5-13/h4-7,10,24H,1,8-9,11H2,2-3H3,(H,23,27). The minimum absolute atomic E-state index is 0.239. The van der Waals surface area contributed by atoms with Gasteiger partial charge >= 0.3 is 0 Å². The number of fused-ring (bicyclic) bond motifs is 2. The van der Waals surface area contributed by atoms with Crippen molar-refractivity contribution in [2.24, 2.45) is 0 Å². The second-order valence-corrected chi connectivity index (χ2v) is 8.20. The van der Waals surface area contributed by atoms with Crippen LogP contribution in [0.5, 0.6) is 0 Å². The summed E-state index contributed by atoms with van der Waals surface area (Å²) in [5, 5.41) is 6.39. The Labute approximate surface area is 175 Å². The topological polar surface area (TPSA) is 87.5 Å². The molecule has 1 atom stereocenters. The van der Waals surface area contributed by atoms with Crippen LogP contribution in [0.4, 0.5) is 10.2 Å². The molecule has 3 aromatic rings. The first kappa shape index (κ1) is 20.2. The normalized spacial score (nSPS) is 15.4. The smallest absolute Gasteiger partial charge is 0.255 e. The van der Waals surface area contributed by atoms with E-state index in [1.165, 1.54) is 19.2 Å². The predicted molar refractivity (Wildman–Crippen MR) is 116 cm³/mol. The Balaban J connectivity index is 2.02. The molecule has 156 valence electrons. The lowest BCUT2D eigenvalue weighted by Gasteiger charge is -2.26.